The van der Waals surface area contributed by atoms with E-state index in [0.717, 1.165) is 17.7 Å². The minimum absolute atomic E-state index is 0.202. The molecule has 1 aromatic heterocycles. The van der Waals surface area contributed by atoms with Crippen LogP contribution in [0.3, 0.4) is 0 Å². The fourth-order valence-electron chi connectivity index (χ4n) is 2.62. The van der Waals surface area contributed by atoms with E-state index < -0.39 is 0 Å². The van der Waals surface area contributed by atoms with E-state index in [1.165, 1.54) is 11.1 Å². The summed E-state index contributed by atoms with van der Waals surface area (Å²) in [5, 5.41) is 6.08. The molecule has 1 heterocycles. The maximum atomic E-state index is 12.7. The number of hydrogen-bond acceptors (Lipinski definition) is 3. The fourth-order valence-corrected chi connectivity index (χ4v) is 2.62. The quantitative estimate of drug-likeness (QED) is 0.517. The summed E-state index contributed by atoms with van der Waals surface area (Å²) in [5.41, 5.74) is 4.78. The van der Waals surface area contributed by atoms with Crippen LogP contribution in [0.2, 0.25) is 0 Å². The van der Waals surface area contributed by atoms with E-state index in [0.29, 0.717) is 18.1 Å². The van der Waals surface area contributed by atoms with Gasteiger partial charge >= 0.3 is 0 Å². The van der Waals surface area contributed by atoms with Crippen molar-refractivity contribution in [2.45, 2.75) is 26.8 Å². The van der Waals surface area contributed by atoms with E-state index in [-0.39, 0.29) is 5.91 Å². The number of guanidine groups is 1. The van der Waals surface area contributed by atoms with Crippen LogP contribution < -0.4 is 10.6 Å². The molecule has 3 aromatic rings. The van der Waals surface area contributed by atoms with Gasteiger partial charge in [0.05, 0.1) is 6.54 Å². The lowest BCUT2D eigenvalue weighted by Crippen LogP contribution is -2.36. The molecule has 0 saturated heterocycles. The van der Waals surface area contributed by atoms with Crippen molar-refractivity contribution >= 4 is 17.6 Å². The normalized spacial score (nSPS) is 11.1. The SMILES string of the molecule is CCc1ccc(C(=O)NC(=NCc2cccnc2)Nc2ccc(C)cc2)cc1. The van der Waals surface area contributed by atoms with Gasteiger partial charge in [-0.3, -0.25) is 15.1 Å². The minimum Gasteiger partial charge on any atom is -0.326 e. The molecule has 1 amide bonds. The molecule has 2 aromatic carbocycles. The van der Waals surface area contributed by atoms with Gasteiger partial charge in [0.2, 0.25) is 5.96 Å². The number of carbonyl (C=O) groups is 1. The van der Waals surface area contributed by atoms with Crippen LogP contribution in [0.15, 0.2) is 78.0 Å². The molecule has 0 spiro atoms. The average molecular weight is 372 g/mol. The van der Waals surface area contributed by atoms with E-state index in [2.05, 4.69) is 27.5 Å². The van der Waals surface area contributed by atoms with Crippen LogP contribution in [-0.2, 0) is 13.0 Å². The third-order valence-corrected chi connectivity index (χ3v) is 4.31. The van der Waals surface area contributed by atoms with Crippen LogP contribution in [-0.4, -0.2) is 16.9 Å². The Labute approximate surface area is 165 Å². The van der Waals surface area contributed by atoms with Crippen molar-refractivity contribution in [3.05, 3.63) is 95.3 Å². The van der Waals surface area contributed by atoms with E-state index in [1.807, 2.05) is 67.6 Å². The highest BCUT2D eigenvalue weighted by molar-refractivity contribution is 6.09. The molecule has 0 aliphatic rings. The molecule has 0 radical (unpaired) electrons. The summed E-state index contributed by atoms with van der Waals surface area (Å²) in [5.74, 6) is 0.199. The van der Waals surface area contributed by atoms with Gasteiger partial charge in [-0.2, -0.15) is 0 Å². The molecule has 0 bridgehead atoms. The Morgan fingerprint density at radius 2 is 1.75 bits per heavy atom. The van der Waals surface area contributed by atoms with Gasteiger partial charge in [-0.05, 0) is 54.8 Å². The number of rotatable bonds is 5. The van der Waals surface area contributed by atoms with Crippen LogP contribution in [0.5, 0.6) is 0 Å². The number of hydrogen-bond donors (Lipinski definition) is 2. The lowest BCUT2D eigenvalue weighted by atomic mass is 10.1. The highest BCUT2D eigenvalue weighted by Crippen LogP contribution is 2.10. The molecule has 28 heavy (non-hydrogen) atoms. The number of amides is 1. The van der Waals surface area contributed by atoms with Crippen molar-refractivity contribution in [2.75, 3.05) is 5.32 Å². The van der Waals surface area contributed by atoms with Gasteiger partial charge < -0.3 is 5.32 Å². The predicted octanol–water partition coefficient (Wildman–Crippen LogP) is 4.35. The number of aliphatic imine (C=N–C) groups is 1. The first kappa shape index (κ1) is 19.3. The number of carbonyl (C=O) groups excluding carboxylic acids is 1. The zero-order chi connectivity index (χ0) is 19.8. The topological polar surface area (TPSA) is 66.4 Å². The van der Waals surface area contributed by atoms with Crippen LogP contribution >= 0.6 is 0 Å². The van der Waals surface area contributed by atoms with Crippen LogP contribution in [0.25, 0.3) is 0 Å². The van der Waals surface area contributed by atoms with Gasteiger partial charge in [-0.25, -0.2) is 4.99 Å². The summed E-state index contributed by atoms with van der Waals surface area (Å²) >= 11 is 0. The molecular weight excluding hydrogens is 348 g/mol. The Kier molecular flexibility index (Phi) is 6.52. The second-order valence-corrected chi connectivity index (χ2v) is 6.52. The number of nitrogens with zero attached hydrogens (tertiary/aromatic N) is 2. The number of benzene rings is 2. The molecule has 0 atom stereocenters. The van der Waals surface area contributed by atoms with E-state index >= 15 is 0 Å². The third-order valence-electron chi connectivity index (χ3n) is 4.31. The Bertz CT molecular complexity index is 933. The zero-order valence-electron chi connectivity index (χ0n) is 16.1. The van der Waals surface area contributed by atoms with Gasteiger partial charge in [0.15, 0.2) is 0 Å². The van der Waals surface area contributed by atoms with Crippen LogP contribution in [0, 0.1) is 6.92 Å². The van der Waals surface area contributed by atoms with E-state index in [9.17, 15) is 4.79 Å². The second kappa shape index (κ2) is 9.46. The summed E-state index contributed by atoms with van der Waals surface area (Å²) in [4.78, 5) is 21.3. The van der Waals surface area contributed by atoms with Gasteiger partial charge in [0.25, 0.3) is 5.91 Å². The largest absolute Gasteiger partial charge is 0.326 e. The van der Waals surface area contributed by atoms with Crippen LogP contribution in [0.4, 0.5) is 5.69 Å². The molecule has 0 saturated carbocycles. The summed E-state index contributed by atoms with van der Waals surface area (Å²) in [6.45, 7) is 4.53. The summed E-state index contributed by atoms with van der Waals surface area (Å²) < 4.78 is 0. The molecule has 142 valence electrons. The summed E-state index contributed by atoms with van der Waals surface area (Å²) in [6, 6.07) is 19.3. The molecule has 5 heteroatoms. The second-order valence-electron chi connectivity index (χ2n) is 6.52. The van der Waals surface area contributed by atoms with E-state index in [1.54, 1.807) is 12.4 Å². The highest BCUT2D eigenvalue weighted by Gasteiger charge is 2.09. The maximum absolute atomic E-state index is 12.7. The Morgan fingerprint density at radius 3 is 2.39 bits per heavy atom. The zero-order valence-corrected chi connectivity index (χ0v) is 16.1. The van der Waals surface area contributed by atoms with Crippen molar-refractivity contribution in [1.82, 2.24) is 10.3 Å². The predicted molar refractivity (Wildman–Crippen MR) is 113 cm³/mol. The van der Waals surface area contributed by atoms with Crippen molar-refractivity contribution in [3.63, 3.8) is 0 Å². The van der Waals surface area contributed by atoms with Gasteiger partial charge in [-0.15, -0.1) is 0 Å². The molecule has 2 N–H and O–H groups in total. The van der Waals surface area contributed by atoms with Crippen molar-refractivity contribution in [3.8, 4) is 0 Å². The Morgan fingerprint density at radius 1 is 1.00 bits per heavy atom. The van der Waals surface area contributed by atoms with E-state index in [4.69, 9.17) is 0 Å². The first-order valence-corrected chi connectivity index (χ1v) is 9.31. The Balaban J connectivity index is 1.77. The van der Waals surface area contributed by atoms with Gasteiger partial charge in [-0.1, -0.05) is 42.8 Å². The number of nitrogens with one attached hydrogen (secondary N) is 2. The summed E-state index contributed by atoms with van der Waals surface area (Å²) in [6.07, 6.45) is 4.42. The standard InChI is InChI=1S/C23H24N4O/c1-3-18-8-10-20(11-9-18)22(28)27-23(25-16-19-5-4-14-24-15-19)26-21-12-6-17(2)7-13-21/h4-15H,3,16H2,1-2H3,(H2,25,26,27,28). The van der Waals surface area contributed by atoms with Crippen molar-refractivity contribution < 1.29 is 4.79 Å². The van der Waals surface area contributed by atoms with Gasteiger partial charge in [0.1, 0.15) is 0 Å². The monoisotopic (exact) mass is 372 g/mol. The molecule has 0 aliphatic carbocycles. The maximum Gasteiger partial charge on any atom is 0.257 e. The van der Waals surface area contributed by atoms with Crippen molar-refractivity contribution in [1.29, 1.82) is 0 Å². The minimum atomic E-state index is -0.202. The first-order chi connectivity index (χ1) is 13.6. The number of aromatic nitrogens is 1. The lowest BCUT2D eigenvalue weighted by molar-refractivity contribution is 0.0977. The summed E-state index contributed by atoms with van der Waals surface area (Å²) in [7, 11) is 0. The number of anilines is 1. The molecule has 0 fully saturated rings. The van der Waals surface area contributed by atoms with Crippen molar-refractivity contribution in [2.24, 2.45) is 4.99 Å². The number of aryl methyl sites for hydroxylation is 2. The third kappa shape index (κ3) is 5.51. The molecule has 0 aliphatic heterocycles. The molecule has 0 unspecified atom stereocenters. The first-order valence-electron chi connectivity index (χ1n) is 9.31. The van der Waals surface area contributed by atoms with Crippen LogP contribution in [0.1, 0.15) is 34.0 Å². The lowest BCUT2D eigenvalue weighted by Gasteiger charge is -2.12. The Hall–Kier alpha value is -3.47. The molecule has 5 nitrogen and oxygen atoms in total. The average Bonchev–Trinajstić information content (AvgIpc) is 2.74. The molecule has 3 rings (SSSR count). The van der Waals surface area contributed by atoms with Gasteiger partial charge in [0, 0.05) is 23.6 Å². The molecular formula is C23H24N4O. The smallest absolute Gasteiger partial charge is 0.257 e. The fraction of sp³-hybridized carbons (Fsp3) is 0.174. The highest BCUT2D eigenvalue weighted by atomic mass is 16.1. The number of pyridine rings is 1.